The van der Waals surface area contributed by atoms with Crippen molar-refractivity contribution in [2.45, 2.75) is 0 Å². The van der Waals surface area contributed by atoms with Gasteiger partial charge >= 0.3 is 5.69 Å². The van der Waals surface area contributed by atoms with Crippen LogP contribution in [0.1, 0.15) is 0 Å². The average molecular weight is 325 g/mol. The number of hydrogen-bond acceptors (Lipinski definition) is 2. The molecule has 2 N–H and O–H groups in total. The van der Waals surface area contributed by atoms with Gasteiger partial charge in [-0.2, -0.15) is 5.10 Å². The molecule has 23 heavy (non-hydrogen) atoms. The molecule has 0 saturated carbocycles. The fraction of sp³-hybridized carbons (Fsp3) is 0.0588. The Hall–Kier alpha value is -2.79. The second-order valence-corrected chi connectivity index (χ2v) is 5.81. The minimum absolute atomic E-state index is 0.219. The first kappa shape index (κ1) is 13.8. The van der Waals surface area contributed by atoms with Gasteiger partial charge < -0.3 is 9.97 Å². The zero-order valence-corrected chi connectivity index (χ0v) is 13.1. The van der Waals surface area contributed by atoms with Crippen molar-refractivity contribution in [3.8, 4) is 22.3 Å². The number of aromatic amines is 2. The van der Waals surface area contributed by atoms with Crippen LogP contribution < -0.4 is 5.69 Å². The number of imidazole rings is 1. The van der Waals surface area contributed by atoms with Crippen molar-refractivity contribution in [1.82, 2.24) is 19.7 Å². The van der Waals surface area contributed by atoms with Gasteiger partial charge in [-0.1, -0.05) is 29.8 Å². The Kier molecular flexibility index (Phi) is 3.09. The fourth-order valence-electron chi connectivity index (χ4n) is 2.81. The number of rotatable bonds is 2. The molecule has 0 unspecified atom stereocenters. The van der Waals surface area contributed by atoms with Crippen LogP contribution in [0.4, 0.5) is 0 Å². The highest BCUT2D eigenvalue weighted by molar-refractivity contribution is 6.34. The number of nitrogens with one attached hydrogen (secondary N) is 2. The summed E-state index contributed by atoms with van der Waals surface area (Å²) < 4.78 is 1.76. The molecule has 0 atom stereocenters. The number of hydrogen-bond donors (Lipinski definition) is 2. The van der Waals surface area contributed by atoms with E-state index in [0.29, 0.717) is 5.02 Å². The molecule has 0 aliphatic carbocycles. The Balaban J connectivity index is 1.97. The Labute approximate surface area is 136 Å². The molecule has 0 radical (unpaired) electrons. The normalized spacial score (nSPS) is 11.2. The smallest absolute Gasteiger partial charge is 0.306 e. The van der Waals surface area contributed by atoms with Crippen LogP contribution in [0.5, 0.6) is 0 Å². The molecule has 0 fully saturated rings. The maximum atomic E-state index is 11.4. The summed E-state index contributed by atoms with van der Waals surface area (Å²) in [5.41, 5.74) is 5.17. The molecule has 0 spiro atoms. The van der Waals surface area contributed by atoms with Crippen LogP contribution in [-0.2, 0) is 7.05 Å². The Bertz CT molecular complexity index is 1070. The third-order valence-electron chi connectivity index (χ3n) is 3.83. The van der Waals surface area contributed by atoms with Gasteiger partial charge in [-0.25, -0.2) is 4.79 Å². The van der Waals surface area contributed by atoms with Gasteiger partial charge in [-0.3, -0.25) is 4.68 Å². The summed E-state index contributed by atoms with van der Waals surface area (Å²) in [7, 11) is 1.88. The SMILES string of the molecule is Cn1cc(-c2cccc(Cl)c2-c2ccc3[nH]c(=O)[nH]c3c2)cn1. The molecule has 0 amide bonds. The molecule has 0 saturated heterocycles. The van der Waals surface area contributed by atoms with E-state index in [4.69, 9.17) is 11.6 Å². The molecule has 0 aliphatic heterocycles. The zero-order chi connectivity index (χ0) is 16.0. The van der Waals surface area contributed by atoms with Crippen molar-refractivity contribution >= 4 is 22.6 Å². The van der Waals surface area contributed by atoms with E-state index in [0.717, 1.165) is 33.3 Å². The van der Waals surface area contributed by atoms with Gasteiger partial charge in [0.2, 0.25) is 0 Å². The van der Waals surface area contributed by atoms with Gasteiger partial charge in [-0.15, -0.1) is 0 Å². The molecular weight excluding hydrogens is 312 g/mol. The molecule has 4 rings (SSSR count). The summed E-state index contributed by atoms with van der Waals surface area (Å²) in [4.78, 5) is 17.0. The Morgan fingerprint density at radius 2 is 1.91 bits per heavy atom. The van der Waals surface area contributed by atoms with E-state index in [2.05, 4.69) is 15.1 Å². The molecule has 0 bridgehead atoms. The van der Waals surface area contributed by atoms with Crippen LogP contribution in [-0.4, -0.2) is 19.7 Å². The van der Waals surface area contributed by atoms with E-state index < -0.39 is 0 Å². The van der Waals surface area contributed by atoms with Gasteiger partial charge in [0, 0.05) is 29.4 Å². The Morgan fingerprint density at radius 1 is 1.09 bits per heavy atom. The second kappa shape index (κ2) is 5.14. The van der Waals surface area contributed by atoms with E-state index in [1.165, 1.54) is 0 Å². The number of aryl methyl sites for hydroxylation is 1. The van der Waals surface area contributed by atoms with Crippen molar-refractivity contribution in [2.75, 3.05) is 0 Å². The van der Waals surface area contributed by atoms with Gasteiger partial charge in [0.05, 0.1) is 17.2 Å². The molecule has 114 valence electrons. The fourth-order valence-corrected chi connectivity index (χ4v) is 3.09. The Morgan fingerprint density at radius 3 is 2.70 bits per heavy atom. The molecule has 2 heterocycles. The topological polar surface area (TPSA) is 66.5 Å². The highest BCUT2D eigenvalue weighted by atomic mass is 35.5. The first-order valence-electron chi connectivity index (χ1n) is 7.12. The van der Waals surface area contributed by atoms with Crippen LogP contribution in [0.3, 0.4) is 0 Å². The van der Waals surface area contributed by atoms with Crippen molar-refractivity contribution in [3.63, 3.8) is 0 Å². The predicted octanol–water partition coefficient (Wildman–Crippen LogP) is 3.58. The first-order valence-corrected chi connectivity index (χ1v) is 7.49. The molecule has 2 aromatic heterocycles. The molecule has 5 nitrogen and oxygen atoms in total. The third kappa shape index (κ3) is 2.35. The van der Waals surface area contributed by atoms with Crippen molar-refractivity contribution in [1.29, 1.82) is 0 Å². The molecule has 6 heteroatoms. The van der Waals surface area contributed by atoms with Crippen LogP contribution in [0.2, 0.25) is 5.02 Å². The summed E-state index contributed by atoms with van der Waals surface area (Å²) in [6.45, 7) is 0. The largest absolute Gasteiger partial charge is 0.323 e. The number of benzene rings is 2. The number of aromatic nitrogens is 4. The van der Waals surface area contributed by atoms with Crippen LogP contribution in [0, 0.1) is 0 Å². The minimum Gasteiger partial charge on any atom is -0.306 e. The van der Waals surface area contributed by atoms with Gasteiger partial charge in [0.25, 0.3) is 0 Å². The second-order valence-electron chi connectivity index (χ2n) is 5.40. The molecular formula is C17H13ClN4O. The highest BCUT2D eigenvalue weighted by Crippen LogP contribution is 2.38. The lowest BCUT2D eigenvalue weighted by Crippen LogP contribution is -1.99. The van der Waals surface area contributed by atoms with Crippen molar-refractivity contribution in [2.24, 2.45) is 7.05 Å². The maximum Gasteiger partial charge on any atom is 0.323 e. The van der Waals surface area contributed by atoms with Crippen molar-refractivity contribution in [3.05, 3.63) is 64.3 Å². The summed E-state index contributed by atoms with van der Waals surface area (Å²) in [6.07, 6.45) is 3.76. The van der Waals surface area contributed by atoms with Crippen LogP contribution in [0.25, 0.3) is 33.3 Å². The molecule has 2 aromatic carbocycles. The monoisotopic (exact) mass is 324 g/mol. The van der Waals surface area contributed by atoms with E-state index in [1.807, 2.05) is 55.8 Å². The van der Waals surface area contributed by atoms with Crippen LogP contribution >= 0.6 is 11.6 Å². The highest BCUT2D eigenvalue weighted by Gasteiger charge is 2.13. The van der Waals surface area contributed by atoms with Gasteiger partial charge in [-0.05, 0) is 29.3 Å². The minimum atomic E-state index is -0.219. The quantitative estimate of drug-likeness (QED) is 0.592. The summed E-state index contributed by atoms with van der Waals surface area (Å²) in [6, 6.07) is 11.5. The standard InChI is InChI=1S/C17H13ClN4O/c1-22-9-11(8-19-22)12-3-2-4-13(18)16(12)10-5-6-14-15(7-10)21-17(23)20-14/h2-9H,1H3,(H2,20,21,23). The first-order chi connectivity index (χ1) is 11.1. The van der Waals surface area contributed by atoms with Crippen LogP contribution in [0.15, 0.2) is 53.6 Å². The maximum absolute atomic E-state index is 11.4. The van der Waals surface area contributed by atoms with E-state index in [9.17, 15) is 4.79 Å². The summed E-state index contributed by atoms with van der Waals surface area (Å²) >= 11 is 6.47. The summed E-state index contributed by atoms with van der Waals surface area (Å²) in [5.74, 6) is 0. The lowest BCUT2D eigenvalue weighted by atomic mass is 9.96. The number of nitrogens with zero attached hydrogens (tertiary/aromatic N) is 2. The summed E-state index contributed by atoms with van der Waals surface area (Å²) in [5, 5.41) is 4.89. The lowest BCUT2D eigenvalue weighted by Gasteiger charge is -2.11. The molecule has 0 aliphatic rings. The van der Waals surface area contributed by atoms with Gasteiger partial charge in [0.15, 0.2) is 0 Å². The van der Waals surface area contributed by atoms with E-state index >= 15 is 0 Å². The van der Waals surface area contributed by atoms with E-state index in [1.54, 1.807) is 4.68 Å². The zero-order valence-electron chi connectivity index (χ0n) is 12.3. The van der Waals surface area contributed by atoms with Crippen molar-refractivity contribution < 1.29 is 0 Å². The third-order valence-corrected chi connectivity index (χ3v) is 4.15. The lowest BCUT2D eigenvalue weighted by molar-refractivity contribution is 0.768. The van der Waals surface area contributed by atoms with Gasteiger partial charge in [0.1, 0.15) is 0 Å². The molecule has 4 aromatic rings. The number of fused-ring (bicyclic) bond motifs is 1. The predicted molar refractivity (Wildman–Crippen MR) is 91.6 cm³/mol. The average Bonchev–Trinajstić information content (AvgIpc) is 3.11. The number of halogens is 1. The van der Waals surface area contributed by atoms with E-state index in [-0.39, 0.29) is 5.69 Å². The number of H-pyrrole nitrogens is 2.